The summed E-state index contributed by atoms with van der Waals surface area (Å²) in [5, 5.41) is 11.1. The largest absolute Gasteiger partial charge is 0.395 e. The molecule has 1 aromatic heterocycles. The zero-order valence-electron chi connectivity index (χ0n) is 9.16. The second kappa shape index (κ2) is 6.59. The Kier molecular flexibility index (Phi) is 5.03. The van der Waals surface area contributed by atoms with Crippen LogP contribution in [0.15, 0.2) is 18.3 Å². The Morgan fingerprint density at radius 1 is 1.62 bits per heavy atom. The number of aromatic nitrogens is 1. The van der Waals surface area contributed by atoms with Crippen LogP contribution in [0.2, 0.25) is 0 Å². The zero-order chi connectivity index (χ0) is 11.8. The lowest BCUT2D eigenvalue weighted by Gasteiger charge is -2.02. The van der Waals surface area contributed by atoms with Crippen molar-refractivity contribution in [1.82, 2.24) is 10.3 Å². The van der Waals surface area contributed by atoms with Crippen molar-refractivity contribution in [3.63, 3.8) is 0 Å². The molecule has 0 saturated carbocycles. The molecule has 4 heteroatoms. The summed E-state index contributed by atoms with van der Waals surface area (Å²) in [5.74, 6) is 5.55. The monoisotopic (exact) mass is 218 g/mol. The molecule has 0 spiro atoms. The molecule has 2 N–H and O–H groups in total. The normalized spacial score (nSPS) is 9.12. The number of aliphatic hydroxyl groups is 1. The van der Waals surface area contributed by atoms with Gasteiger partial charge in [-0.25, -0.2) is 0 Å². The maximum atomic E-state index is 11.5. The van der Waals surface area contributed by atoms with E-state index in [9.17, 15) is 4.79 Å². The minimum atomic E-state index is -0.297. The van der Waals surface area contributed by atoms with Crippen LogP contribution in [0.5, 0.6) is 0 Å². The first-order valence-corrected chi connectivity index (χ1v) is 5.12. The van der Waals surface area contributed by atoms with Crippen molar-refractivity contribution in [3.8, 4) is 11.8 Å². The van der Waals surface area contributed by atoms with Crippen molar-refractivity contribution in [1.29, 1.82) is 0 Å². The molecule has 0 aromatic carbocycles. The lowest BCUT2D eigenvalue weighted by molar-refractivity contribution is 0.0940. The summed E-state index contributed by atoms with van der Waals surface area (Å²) < 4.78 is 0. The Morgan fingerprint density at radius 2 is 2.44 bits per heavy atom. The van der Waals surface area contributed by atoms with Crippen LogP contribution in [0.4, 0.5) is 0 Å². The second-order valence-corrected chi connectivity index (χ2v) is 3.06. The molecule has 0 saturated heterocycles. The van der Waals surface area contributed by atoms with Crippen LogP contribution in [0.3, 0.4) is 0 Å². The maximum Gasteiger partial charge on any atom is 0.269 e. The molecule has 1 heterocycles. The maximum absolute atomic E-state index is 11.5. The molecule has 0 radical (unpaired) electrons. The van der Waals surface area contributed by atoms with Crippen molar-refractivity contribution in [2.24, 2.45) is 0 Å². The molecule has 1 aromatic rings. The average Bonchev–Trinajstić information content (AvgIpc) is 2.33. The first-order chi connectivity index (χ1) is 7.77. The molecule has 0 aliphatic rings. The summed E-state index contributed by atoms with van der Waals surface area (Å²) in [6, 6.07) is 3.39. The number of carbonyl (C=O) groups is 1. The second-order valence-electron chi connectivity index (χ2n) is 3.06. The fraction of sp³-hybridized carbons (Fsp3) is 0.333. The van der Waals surface area contributed by atoms with Gasteiger partial charge in [0.15, 0.2) is 0 Å². The van der Waals surface area contributed by atoms with Crippen LogP contribution in [-0.2, 0) is 0 Å². The number of carbonyl (C=O) groups excluding carboxylic acids is 1. The zero-order valence-corrected chi connectivity index (χ0v) is 9.16. The summed E-state index contributed by atoms with van der Waals surface area (Å²) in [7, 11) is 0. The Balaban J connectivity index is 2.77. The summed E-state index contributed by atoms with van der Waals surface area (Å²) >= 11 is 0. The predicted molar refractivity (Wildman–Crippen MR) is 60.8 cm³/mol. The number of amides is 1. The molecular formula is C12H14N2O2. The van der Waals surface area contributed by atoms with E-state index in [4.69, 9.17) is 5.11 Å². The minimum absolute atomic E-state index is 0.0823. The Hall–Kier alpha value is -1.86. The minimum Gasteiger partial charge on any atom is -0.395 e. The van der Waals surface area contributed by atoms with Crippen molar-refractivity contribution >= 4 is 5.91 Å². The standard InChI is InChI=1S/C12H14N2O2/c1-2-3-4-10-5-6-13-11(9-10)12(16)14-7-8-15/h5-6,9,15H,2,7-8H2,1H3,(H,14,16). The molecule has 0 aliphatic carbocycles. The van der Waals surface area contributed by atoms with Crippen LogP contribution in [0, 0.1) is 11.8 Å². The van der Waals surface area contributed by atoms with E-state index in [2.05, 4.69) is 22.1 Å². The van der Waals surface area contributed by atoms with Gasteiger partial charge in [-0.3, -0.25) is 9.78 Å². The van der Waals surface area contributed by atoms with Gasteiger partial charge in [0, 0.05) is 24.7 Å². The van der Waals surface area contributed by atoms with Gasteiger partial charge in [-0.15, -0.1) is 0 Å². The molecule has 0 unspecified atom stereocenters. The SMILES string of the molecule is CCC#Cc1ccnc(C(=O)NCCO)c1. The van der Waals surface area contributed by atoms with Gasteiger partial charge >= 0.3 is 0 Å². The number of nitrogens with one attached hydrogen (secondary N) is 1. The Labute approximate surface area is 94.7 Å². The van der Waals surface area contributed by atoms with Gasteiger partial charge in [-0.05, 0) is 12.1 Å². The van der Waals surface area contributed by atoms with Crippen molar-refractivity contribution in [2.45, 2.75) is 13.3 Å². The Bertz CT molecular complexity index is 419. The lowest BCUT2D eigenvalue weighted by atomic mass is 10.2. The smallest absolute Gasteiger partial charge is 0.269 e. The summed E-state index contributed by atoms with van der Waals surface area (Å²) in [5.41, 5.74) is 1.09. The molecular weight excluding hydrogens is 204 g/mol. The quantitative estimate of drug-likeness (QED) is 0.729. The van der Waals surface area contributed by atoms with Crippen molar-refractivity contribution < 1.29 is 9.90 Å². The van der Waals surface area contributed by atoms with E-state index < -0.39 is 0 Å². The topological polar surface area (TPSA) is 62.2 Å². The van der Waals surface area contributed by atoms with Crippen LogP contribution in [0.1, 0.15) is 29.4 Å². The van der Waals surface area contributed by atoms with Gasteiger partial charge in [0.2, 0.25) is 0 Å². The molecule has 84 valence electrons. The number of pyridine rings is 1. The number of hydrogen-bond donors (Lipinski definition) is 2. The molecule has 0 bridgehead atoms. The van der Waals surface area contributed by atoms with Gasteiger partial charge in [-0.2, -0.15) is 0 Å². The van der Waals surface area contributed by atoms with Gasteiger partial charge in [0.25, 0.3) is 5.91 Å². The van der Waals surface area contributed by atoms with E-state index in [1.807, 2.05) is 6.92 Å². The summed E-state index contributed by atoms with van der Waals surface area (Å²) in [4.78, 5) is 15.4. The predicted octanol–water partition coefficient (Wildman–Crippen LogP) is 0.565. The van der Waals surface area contributed by atoms with Gasteiger partial charge in [-0.1, -0.05) is 18.8 Å². The molecule has 0 fully saturated rings. The van der Waals surface area contributed by atoms with Crippen LogP contribution in [-0.4, -0.2) is 29.1 Å². The number of hydrogen-bond acceptors (Lipinski definition) is 3. The van der Waals surface area contributed by atoms with E-state index >= 15 is 0 Å². The van der Waals surface area contributed by atoms with Gasteiger partial charge in [0.05, 0.1) is 6.61 Å². The highest BCUT2D eigenvalue weighted by atomic mass is 16.3. The van der Waals surface area contributed by atoms with E-state index in [1.54, 1.807) is 18.3 Å². The number of aliphatic hydroxyl groups excluding tert-OH is 1. The summed E-state index contributed by atoms with van der Waals surface area (Å²) in [6.07, 6.45) is 2.32. The molecule has 1 rings (SSSR count). The molecule has 16 heavy (non-hydrogen) atoms. The summed E-state index contributed by atoms with van der Waals surface area (Å²) in [6.45, 7) is 2.11. The highest BCUT2D eigenvalue weighted by Crippen LogP contribution is 2.00. The van der Waals surface area contributed by atoms with E-state index in [1.165, 1.54) is 0 Å². The van der Waals surface area contributed by atoms with E-state index in [0.717, 1.165) is 12.0 Å². The highest BCUT2D eigenvalue weighted by molar-refractivity contribution is 5.92. The van der Waals surface area contributed by atoms with E-state index in [-0.39, 0.29) is 19.1 Å². The third-order valence-corrected chi connectivity index (χ3v) is 1.80. The van der Waals surface area contributed by atoms with Crippen molar-refractivity contribution in [2.75, 3.05) is 13.2 Å². The van der Waals surface area contributed by atoms with E-state index in [0.29, 0.717) is 5.69 Å². The van der Waals surface area contributed by atoms with Crippen molar-refractivity contribution in [3.05, 3.63) is 29.6 Å². The molecule has 1 amide bonds. The van der Waals surface area contributed by atoms with Crippen LogP contribution in [0.25, 0.3) is 0 Å². The fourth-order valence-corrected chi connectivity index (χ4v) is 1.08. The third kappa shape index (κ3) is 3.71. The highest BCUT2D eigenvalue weighted by Gasteiger charge is 2.05. The average molecular weight is 218 g/mol. The molecule has 4 nitrogen and oxygen atoms in total. The third-order valence-electron chi connectivity index (χ3n) is 1.80. The Morgan fingerprint density at radius 3 is 3.12 bits per heavy atom. The van der Waals surface area contributed by atoms with Gasteiger partial charge in [0.1, 0.15) is 5.69 Å². The van der Waals surface area contributed by atoms with Gasteiger partial charge < -0.3 is 10.4 Å². The molecule has 0 atom stereocenters. The number of nitrogens with zero attached hydrogens (tertiary/aromatic N) is 1. The fourth-order valence-electron chi connectivity index (χ4n) is 1.08. The lowest BCUT2D eigenvalue weighted by Crippen LogP contribution is -2.27. The van der Waals surface area contributed by atoms with Crippen LogP contribution >= 0.6 is 0 Å². The number of rotatable bonds is 3. The first-order valence-electron chi connectivity index (χ1n) is 5.12. The van der Waals surface area contributed by atoms with Crippen LogP contribution < -0.4 is 5.32 Å². The first kappa shape index (κ1) is 12.2. The molecule has 0 aliphatic heterocycles.